The van der Waals surface area contributed by atoms with Gasteiger partial charge in [0.2, 0.25) is 5.91 Å². The first kappa shape index (κ1) is 13.9. The van der Waals surface area contributed by atoms with Crippen LogP contribution in [0.2, 0.25) is 0 Å². The Balaban J connectivity index is 2.19. The molecule has 6 nitrogen and oxygen atoms in total. The Kier molecular flexibility index (Phi) is 5.93. The van der Waals surface area contributed by atoms with Crippen molar-refractivity contribution >= 4 is 11.9 Å². The first-order chi connectivity index (χ1) is 8.13. The summed E-state index contributed by atoms with van der Waals surface area (Å²) in [5, 5.41) is 4.71. The smallest absolute Gasteiger partial charge is 0.321 e. The number of hydrogen-bond donors (Lipinski definition) is 3. The second-order valence-corrected chi connectivity index (χ2v) is 4.21. The van der Waals surface area contributed by atoms with Gasteiger partial charge in [0.25, 0.3) is 0 Å². The number of hydroxylamine groups is 1. The fourth-order valence-corrected chi connectivity index (χ4v) is 1.68. The second-order valence-electron chi connectivity index (χ2n) is 4.21. The molecule has 0 aromatic heterocycles. The van der Waals surface area contributed by atoms with Crippen LogP contribution >= 0.6 is 0 Å². The third kappa shape index (κ3) is 5.14. The van der Waals surface area contributed by atoms with E-state index < -0.39 is 18.0 Å². The molecule has 0 spiro atoms. The molecule has 1 rings (SSSR count). The first-order valence-electron chi connectivity index (χ1n) is 6.13. The minimum absolute atomic E-state index is 0.190. The number of amides is 3. The summed E-state index contributed by atoms with van der Waals surface area (Å²) >= 11 is 0. The van der Waals surface area contributed by atoms with E-state index in [1.54, 1.807) is 13.8 Å². The SMILES string of the molecule is CCNC(=O)NC(=O)C(C)NOC1CCCC1. The molecule has 6 heteroatoms. The zero-order valence-corrected chi connectivity index (χ0v) is 10.4. The highest BCUT2D eigenvalue weighted by molar-refractivity contribution is 5.96. The van der Waals surface area contributed by atoms with Crippen LogP contribution in [0.1, 0.15) is 39.5 Å². The fraction of sp³-hybridized carbons (Fsp3) is 0.818. The third-order valence-electron chi connectivity index (χ3n) is 2.68. The predicted octanol–water partition coefficient (Wildman–Crippen LogP) is 0.684. The summed E-state index contributed by atoms with van der Waals surface area (Å²) in [5.74, 6) is -0.394. The first-order valence-corrected chi connectivity index (χ1v) is 6.13. The molecule has 3 N–H and O–H groups in total. The molecule has 1 aliphatic rings. The summed E-state index contributed by atoms with van der Waals surface area (Å²) in [6.07, 6.45) is 4.59. The highest BCUT2D eigenvalue weighted by atomic mass is 16.7. The number of rotatable bonds is 5. The molecule has 1 atom stereocenters. The van der Waals surface area contributed by atoms with Crippen molar-refractivity contribution in [2.75, 3.05) is 6.54 Å². The molecule has 3 amide bonds. The molecule has 0 saturated heterocycles. The Morgan fingerprint density at radius 3 is 2.59 bits per heavy atom. The van der Waals surface area contributed by atoms with E-state index in [1.165, 1.54) is 12.8 Å². The monoisotopic (exact) mass is 243 g/mol. The van der Waals surface area contributed by atoms with E-state index in [-0.39, 0.29) is 6.10 Å². The largest absolute Gasteiger partial charge is 0.338 e. The van der Waals surface area contributed by atoms with Crippen molar-refractivity contribution in [3.05, 3.63) is 0 Å². The summed E-state index contributed by atoms with van der Waals surface area (Å²) in [6, 6.07) is -1.02. The molecule has 0 radical (unpaired) electrons. The van der Waals surface area contributed by atoms with E-state index in [1.807, 2.05) is 0 Å². The Morgan fingerprint density at radius 1 is 1.35 bits per heavy atom. The lowest BCUT2D eigenvalue weighted by molar-refractivity contribution is -0.127. The predicted molar refractivity (Wildman–Crippen MR) is 63.2 cm³/mol. The topological polar surface area (TPSA) is 79.5 Å². The molecule has 1 saturated carbocycles. The van der Waals surface area contributed by atoms with Gasteiger partial charge in [-0.05, 0) is 26.7 Å². The summed E-state index contributed by atoms with van der Waals surface area (Å²) in [6.45, 7) is 3.93. The normalized spacial score (nSPS) is 17.8. The van der Waals surface area contributed by atoms with Gasteiger partial charge in [0.05, 0.1) is 6.10 Å². The van der Waals surface area contributed by atoms with Gasteiger partial charge in [-0.15, -0.1) is 0 Å². The van der Waals surface area contributed by atoms with Crippen LogP contribution < -0.4 is 16.1 Å². The Labute approximate surface area is 101 Å². The average Bonchev–Trinajstić information content (AvgIpc) is 2.78. The summed E-state index contributed by atoms with van der Waals surface area (Å²) in [5.41, 5.74) is 2.68. The van der Waals surface area contributed by atoms with Gasteiger partial charge in [-0.2, -0.15) is 5.48 Å². The zero-order chi connectivity index (χ0) is 12.7. The molecule has 98 valence electrons. The molecule has 0 aromatic carbocycles. The molecule has 17 heavy (non-hydrogen) atoms. The van der Waals surface area contributed by atoms with Gasteiger partial charge in [0, 0.05) is 6.54 Å². The molecule has 1 unspecified atom stereocenters. The molecular weight excluding hydrogens is 222 g/mol. The van der Waals surface area contributed by atoms with Crippen LogP contribution in [0.15, 0.2) is 0 Å². The molecule has 0 heterocycles. The van der Waals surface area contributed by atoms with E-state index >= 15 is 0 Å². The van der Waals surface area contributed by atoms with Crippen LogP contribution in [0.4, 0.5) is 4.79 Å². The van der Waals surface area contributed by atoms with E-state index in [0.717, 1.165) is 12.8 Å². The Bertz CT molecular complexity index is 265. The molecule has 0 bridgehead atoms. The van der Waals surface area contributed by atoms with E-state index in [0.29, 0.717) is 6.54 Å². The maximum atomic E-state index is 11.5. The minimum Gasteiger partial charge on any atom is -0.338 e. The van der Waals surface area contributed by atoms with E-state index in [9.17, 15) is 9.59 Å². The van der Waals surface area contributed by atoms with E-state index in [2.05, 4.69) is 16.1 Å². The van der Waals surface area contributed by atoms with Crippen LogP contribution in [0, 0.1) is 0 Å². The Morgan fingerprint density at radius 2 is 2.00 bits per heavy atom. The van der Waals surface area contributed by atoms with Gasteiger partial charge in [-0.1, -0.05) is 12.8 Å². The van der Waals surface area contributed by atoms with Crippen molar-refractivity contribution in [3.63, 3.8) is 0 Å². The van der Waals surface area contributed by atoms with Crippen molar-refractivity contribution in [2.45, 2.75) is 51.7 Å². The second kappa shape index (κ2) is 7.24. The number of imide groups is 1. The van der Waals surface area contributed by atoms with Crippen molar-refractivity contribution in [1.29, 1.82) is 0 Å². The van der Waals surface area contributed by atoms with Gasteiger partial charge >= 0.3 is 6.03 Å². The number of nitrogens with one attached hydrogen (secondary N) is 3. The van der Waals surface area contributed by atoms with Crippen LogP contribution in [-0.2, 0) is 9.63 Å². The summed E-state index contributed by atoms with van der Waals surface area (Å²) in [7, 11) is 0. The molecule has 0 aromatic rings. The van der Waals surface area contributed by atoms with E-state index in [4.69, 9.17) is 4.84 Å². The van der Waals surface area contributed by atoms with Crippen molar-refractivity contribution in [2.24, 2.45) is 0 Å². The average molecular weight is 243 g/mol. The van der Waals surface area contributed by atoms with Crippen LogP contribution in [0.3, 0.4) is 0 Å². The maximum absolute atomic E-state index is 11.5. The van der Waals surface area contributed by atoms with Gasteiger partial charge < -0.3 is 5.32 Å². The Hall–Kier alpha value is -1.14. The zero-order valence-electron chi connectivity index (χ0n) is 10.4. The maximum Gasteiger partial charge on any atom is 0.321 e. The lowest BCUT2D eigenvalue weighted by atomic mass is 10.3. The minimum atomic E-state index is -0.543. The van der Waals surface area contributed by atoms with Gasteiger partial charge in [0.1, 0.15) is 6.04 Å². The number of urea groups is 1. The number of carbonyl (C=O) groups is 2. The molecule has 1 aliphatic carbocycles. The fourth-order valence-electron chi connectivity index (χ4n) is 1.68. The third-order valence-corrected chi connectivity index (χ3v) is 2.68. The van der Waals surface area contributed by atoms with Crippen molar-refractivity contribution in [1.82, 2.24) is 16.1 Å². The van der Waals surface area contributed by atoms with Crippen LogP contribution in [0.5, 0.6) is 0 Å². The molecule has 1 fully saturated rings. The van der Waals surface area contributed by atoms with Crippen molar-refractivity contribution in [3.8, 4) is 0 Å². The highest BCUT2D eigenvalue weighted by Gasteiger charge is 2.20. The highest BCUT2D eigenvalue weighted by Crippen LogP contribution is 2.19. The standard InChI is InChI=1S/C11H21N3O3/c1-3-12-11(16)13-10(15)8(2)14-17-9-6-4-5-7-9/h8-9,14H,3-7H2,1-2H3,(H2,12,13,15,16). The summed E-state index contributed by atoms with van der Waals surface area (Å²) < 4.78 is 0. The van der Waals surface area contributed by atoms with Gasteiger partial charge in [-0.25, -0.2) is 4.79 Å². The lowest BCUT2D eigenvalue weighted by Crippen LogP contribution is -2.48. The van der Waals surface area contributed by atoms with Gasteiger partial charge in [0.15, 0.2) is 0 Å². The van der Waals surface area contributed by atoms with Crippen LogP contribution in [0.25, 0.3) is 0 Å². The number of carbonyl (C=O) groups excluding carboxylic acids is 2. The lowest BCUT2D eigenvalue weighted by Gasteiger charge is -2.16. The van der Waals surface area contributed by atoms with Crippen LogP contribution in [-0.4, -0.2) is 30.6 Å². The quantitative estimate of drug-likeness (QED) is 0.620. The summed E-state index contributed by atoms with van der Waals surface area (Å²) in [4.78, 5) is 28.0. The molecule has 0 aliphatic heterocycles. The van der Waals surface area contributed by atoms with Crippen molar-refractivity contribution < 1.29 is 14.4 Å². The molecular formula is C11H21N3O3. The van der Waals surface area contributed by atoms with Gasteiger partial charge in [-0.3, -0.25) is 14.9 Å². The number of hydrogen-bond acceptors (Lipinski definition) is 4.